The molecule has 0 spiro atoms. The third-order valence-electron chi connectivity index (χ3n) is 4.30. The SMILES string of the molecule is CC(C)N(C)C(=O)N[C@H]1CCCN(Cc2ccc(F)cc2F)C1=O. The van der Waals surface area contributed by atoms with Crippen LogP contribution in [0.1, 0.15) is 32.3 Å². The number of carbonyl (C=O) groups excluding carboxylic acids is 2. The van der Waals surface area contributed by atoms with Crippen molar-refractivity contribution in [3.63, 3.8) is 0 Å². The van der Waals surface area contributed by atoms with E-state index in [1.807, 2.05) is 13.8 Å². The van der Waals surface area contributed by atoms with Crippen LogP contribution >= 0.6 is 0 Å². The van der Waals surface area contributed by atoms with Crippen molar-refractivity contribution in [2.75, 3.05) is 13.6 Å². The molecule has 0 bridgehead atoms. The second kappa shape index (κ2) is 7.59. The zero-order valence-electron chi connectivity index (χ0n) is 14.2. The van der Waals surface area contributed by atoms with E-state index in [0.29, 0.717) is 19.4 Å². The zero-order chi connectivity index (χ0) is 17.9. The van der Waals surface area contributed by atoms with Crippen LogP contribution in [0.5, 0.6) is 0 Å². The molecule has 1 atom stereocenters. The van der Waals surface area contributed by atoms with Gasteiger partial charge in [-0.1, -0.05) is 6.07 Å². The van der Waals surface area contributed by atoms with Gasteiger partial charge in [-0.15, -0.1) is 0 Å². The second-order valence-corrected chi connectivity index (χ2v) is 6.34. The van der Waals surface area contributed by atoms with Crippen molar-refractivity contribution in [1.29, 1.82) is 0 Å². The van der Waals surface area contributed by atoms with Gasteiger partial charge >= 0.3 is 6.03 Å². The van der Waals surface area contributed by atoms with Gasteiger partial charge in [0.1, 0.15) is 17.7 Å². The highest BCUT2D eigenvalue weighted by Crippen LogP contribution is 2.18. The lowest BCUT2D eigenvalue weighted by Crippen LogP contribution is -2.55. The summed E-state index contributed by atoms with van der Waals surface area (Å²) in [7, 11) is 1.67. The minimum Gasteiger partial charge on any atom is -0.336 e. The van der Waals surface area contributed by atoms with Gasteiger partial charge in [-0.2, -0.15) is 0 Å². The fourth-order valence-corrected chi connectivity index (χ4v) is 2.57. The Balaban J connectivity index is 2.03. The number of hydrogen-bond acceptors (Lipinski definition) is 2. The average Bonchev–Trinajstić information content (AvgIpc) is 2.52. The van der Waals surface area contributed by atoms with Crippen LogP contribution in [0.4, 0.5) is 13.6 Å². The van der Waals surface area contributed by atoms with Gasteiger partial charge in [-0.25, -0.2) is 13.6 Å². The Morgan fingerprint density at radius 3 is 2.75 bits per heavy atom. The van der Waals surface area contributed by atoms with Crippen molar-refractivity contribution in [3.8, 4) is 0 Å². The third-order valence-corrected chi connectivity index (χ3v) is 4.30. The molecule has 1 aliphatic heterocycles. The van der Waals surface area contributed by atoms with Gasteiger partial charge in [0.15, 0.2) is 0 Å². The summed E-state index contributed by atoms with van der Waals surface area (Å²) in [6.07, 6.45) is 1.27. The third kappa shape index (κ3) is 4.21. The largest absolute Gasteiger partial charge is 0.336 e. The number of piperidine rings is 1. The van der Waals surface area contributed by atoms with Crippen LogP contribution in [0.25, 0.3) is 0 Å². The molecule has 5 nitrogen and oxygen atoms in total. The maximum absolute atomic E-state index is 13.8. The number of rotatable bonds is 4. The van der Waals surface area contributed by atoms with E-state index < -0.39 is 17.7 Å². The lowest BCUT2D eigenvalue weighted by molar-refractivity contribution is -0.136. The Labute approximate surface area is 140 Å². The maximum Gasteiger partial charge on any atom is 0.318 e. The van der Waals surface area contributed by atoms with Gasteiger partial charge in [0, 0.05) is 37.8 Å². The summed E-state index contributed by atoms with van der Waals surface area (Å²) in [6, 6.07) is 2.42. The average molecular weight is 339 g/mol. The minimum absolute atomic E-state index is 0.0214. The van der Waals surface area contributed by atoms with Crippen LogP contribution in [0, 0.1) is 11.6 Å². The molecule has 1 heterocycles. The van der Waals surface area contributed by atoms with Crippen LogP contribution < -0.4 is 5.32 Å². The van der Waals surface area contributed by atoms with Crippen molar-refractivity contribution in [1.82, 2.24) is 15.1 Å². The topological polar surface area (TPSA) is 52.7 Å². The Morgan fingerprint density at radius 1 is 1.42 bits per heavy atom. The Hall–Kier alpha value is -2.18. The molecule has 132 valence electrons. The monoisotopic (exact) mass is 339 g/mol. The van der Waals surface area contributed by atoms with Gasteiger partial charge in [0.2, 0.25) is 5.91 Å². The number of nitrogens with one attached hydrogen (secondary N) is 1. The van der Waals surface area contributed by atoms with Crippen LogP contribution in [-0.4, -0.2) is 47.4 Å². The predicted molar refractivity (Wildman–Crippen MR) is 86.2 cm³/mol. The normalized spacial score (nSPS) is 18.0. The first-order chi connectivity index (χ1) is 11.3. The van der Waals surface area contributed by atoms with E-state index in [2.05, 4.69) is 5.32 Å². The Kier molecular flexibility index (Phi) is 5.75. The Morgan fingerprint density at radius 2 is 2.12 bits per heavy atom. The van der Waals surface area contributed by atoms with Crippen molar-refractivity contribution in [3.05, 3.63) is 35.4 Å². The molecule has 3 amide bonds. The first-order valence-corrected chi connectivity index (χ1v) is 8.05. The van der Waals surface area contributed by atoms with E-state index in [1.54, 1.807) is 7.05 Å². The number of amides is 3. The first-order valence-electron chi connectivity index (χ1n) is 8.05. The molecule has 0 unspecified atom stereocenters. The van der Waals surface area contributed by atoms with Crippen LogP contribution in [0.3, 0.4) is 0 Å². The second-order valence-electron chi connectivity index (χ2n) is 6.34. The molecular formula is C17H23F2N3O2. The predicted octanol–water partition coefficient (Wildman–Crippen LogP) is 2.51. The van der Waals surface area contributed by atoms with E-state index in [1.165, 1.54) is 21.9 Å². The molecule has 1 N–H and O–H groups in total. The highest BCUT2D eigenvalue weighted by Gasteiger charge is 2.31. The number of urea groups is 1. The minimum atomic E-state index is -0.673. The summed E-state index contributed by atoms with van der Waals surface area (Å²) in [6.45, 7) is 4.32. The van der Waals surface area contributed by atoms with Crippen LogP contribution in [0.15, 0.2) is 18.2 Å². The number of benzene rings is 1. The summed E-state index contributed by atoms with van der Waals surface area (Å²) in [5, 5.41) is 2.73. The number of likely N-dealkylation sites (tertiary alicyclic amines) is 1. The molecule has 1 saturated heterocycles. The van der Waals surface area contributed by atoms with Crippen molar-refractivity contribution >= 4 is 11.9 Å². The molecular weight excluding hydrogens is 316 g/mol. The molecule has 1 fully saturated rings. The fourth-order valence-electron chi connectivity index (χ4n) is 2.57. The molecule has 1 aromatic carbocycles. The fraction of sp³-hybridized carbons (Fsp3) is 0.529. The van der Waals surface area contributed by atoms with E-state index in [-0.39, 0.29) is 30.1 Å². The molecule has 2 rings (SSSR count). The van der Waals surface area contributed by atoms with Crippen molar-refractivity contribution < 1.29 is 18.4 Å². The quantitative estimate of drug-likeness (QED) is 0.916. The van der Waals surface area contributed by atoms with E-state index in [9.17, 15) is 18.4 Å². The van der Waals surface area contributed by atoms with Gasteiger partial charge < -0.3 is 15.1 Å². The summed E-state index contributed by atoms with van der Waals surface area (Å²) >= 11 is 0. The van der Waals surface area contributed by atoms with Crippen molar-refractivity contribution in [2.24, 2.45) is 0 Å². The van der Waals surface area contributed by atoms with E-state index >= 15 is 0 Å². The number of nitrogens with zero attached hydrogens (tertiary/aromatic N) is 2. The molecule has 1 aliphatic rings. The molecule has 24 heavy (non-hydrogen) atoms. The number of hydrogen-bond donors (Lipinski definition) is 1. The van der Waals surface area contributed by atoms with Gasteiger partial charge in [-0.05, 0) is 32.8 Å². The van der Waals surface area contributed by atoms with Crippen molar-refractivity contribution in [2.45, 2.75) is 45.3 Å². The van der Waals surface area contributed by atoms with E-state index in [4.69, 9.17) is 0 Å². The smallest absolute Gasteiger partial charge is 0.318 e. The molecule has 7 heteroatoms. The highest BCUT2D eigenvalue weighted by atomic mass is 19.1. The van der Waals surface area contributed by atoms with E-state index in [0.717, 1.165) is 6.07 Å². The maximum atomic E-state index is 13.8. The summed E-state index contributed by atoms with van der Waals surface area (Å²) in [4.78, 5) is 27.6. The lowest BCUT2D eigenvalue weighted by Gasteiger charge is -2.34. The zero-order valence-corrected chi connectivity index (χ0v) is 14.2. The standard InChI is InChI=1S/C17H23F2N3O2/c1-11(2)21(3)17(24)20-15-5-4-8-22(16(15)23)10-12-6-7-13(18)9-14(12)19/h6-7,9,11,15H,4-5,8,10H2,1-3H3,(H,20,24)/t15-/m0/s1. The van der Waals surface area contributed by atoms with Gasteiger partial charge in [0.05, 0.1) is 0 Å². The highest BCUT2D eigenvalue weighted by molar-refractivity contribution is 5.87. The molecule has 1 aromatic rings. The molecule has 0 aliphatic carbocycles. The summed E-state index contributed by atoms with van der Waals surface area (Å²) in [5.74, 6) is -1.56. The Bertz CT molecular complexity index is 622. The molecule has 0 aromatic heterocycles. The summed E-state index contributed by atoms with van der Waals surface area (Å²) in [5.41, 5.74) is 0.260. The van der Waals surface area contributed by atoms with Crippen LogP contribution in [-0.2, 0) is 11.3 Å². The lowest BCUT2D eigenvalue weighted by atomic mass is 10.0. The molecule has 0 radical (unpaired) electrons. The number of halogens is 2. The van der Waals surface area contributed by atoms with Gasteiger partial charge in [-0.3, -0.25) is 4.79 Å². The molecule has 0 saturated carbocycles. The number of carbonyl (C=O) groups is 2. The summed E-state index contributed by atoms with van der Waals surface area (Å²) < 4.78 is 26.8. The first kappa shape index (κ1) is 18.2. The van der Waals surface area contributed by atoms with Gasteiger partial charge in [0.25, 0.3) is 0 Å². The van der Waals surface area contributed by atoms with Crippen LogP contribution in [0.2, 0.25) is 0 Å².